The Bertz CT molecular complexity index is 931. The van der Waals surface area contributed by atoms with Gasteiger partial charge in [-0.05, 0) is 109 Å². The van der Waals surface area contributed by atoms with E-state index in [2.05, 4.69) is 48.5 Å². The normalized spacial score (nSPS) is 20.2. The molecule has 0 aromatic heterocycles. The van der Waals surface area contributed by atoms with E-state index in [1.165, 1.54) is 37.7 Å². The Balaban J connectivity index is 2.14. The molecule has 0 spiro atoms. The van der Waals surface area contributed by atoms with Gasteiger partial charge in [0.15, 0.2) is 0 Å². The Morgan fingerprint density at radius 3 is 2.22 bits per heavy atom. The minimum absolute atomic E-state index is 0.125. The van der Waals surface area contributed by atoms with Crippen molar-refractivity contribution in [3.63, 3.8) is 0 Å². The number of fused-ring (bicyclic) bond motifs is 1. The van der Waals surface area contributed by atoms with Crippen molar-refractivity contribution in [2.75, 3.05) is 0 Å². The highest BCUT2D eigenvalue weighted by atomic mass is 16.5. The second kappa shape index (κ2) is 12.4. The van der Waals surface area contributed by atoms with Crippen molar-refractivity contribution < 1.29 is 19.4 Å². The van der Waals surface area contributed by atoms with Crippen LogP contribution in [0.1, 0.15) is 135 Å². The Morgan fingerprint density at radius 2 is 1.65 bits per heavy atom. The Kier molecular flexibility index (Phi) is 10.6. The van der Waals surface area contributed by atoms with E-state index in [0.29, 0.717) is 12.8 Å². The van der Waals surface area contributed by atoms with Crippen LogP contribution in [0.25, 0.3) is 0 Å². The van der Waals surface area contributed by atoms with Gasteiger partial charge in [0.05, 0.1) is 5.41 Å². The minimum Gasteiger partial charge on any atom is -0.487 e. The van der Waals surface area contributed by atoms with E-state index in [1.807, 2.05) is 27.7 Å². The van der Waals surface area contributed by atoms with Crippen molar-refractivity contribution in [1.29, 1.82) is 0 Å². The maximum Gasteiger partial charge on any atom is 0.309 e. The van der Waals surface area contributed by atoms with Crippen molar-refractivity contribution in [3.8, 4) is 11.5 Å². The van der Waals surface area contributed by atoms with Crippen molar-refractivity contribution >= 4 is 5.97 Å². The number of ether oxygens (including phenoxy) is 2. The molecule has 212 valence electrons. The minimum atomic E-state index is -0.814. The summed E-state index contributed by atoms with van der Waals surface area (Å²) >= 11 is 0. The summed E-state index contributed by atoms with van der Waals surface area (Å²) in [5.74, 6) is 2.76. The van der Waals surface area contributed by atoms with Gasteiger partial charge >= 0.3 is 5.97 Å². The molecule has 0 saturated heterocycles. The van der Waals surface area contributed by atoms with Crippen LogP contribution in [0.3, 0.4) is 0 Å². The van der Waals surface area contributed by atoms with Gasteiger partial charge in [-0.15, -0.1) is 0 Å². The summed E-state index contributed by atoms with van der Waals surface area (Å²) in [6.45, 7) is 23.5. The highest BCUT2D eigenvalue weighted by Crippen LogP contribution is 2.46. The molecule has 1 heterocycles. The van der Waals surface area contributed by atoms with E-state index >= 15 is 0 Å². The molecule has 0 radical (unpaired) electrons. The third-order valence-corrected chi connectivity index (χ3v) is 8.94. The number of hydrogen-bond acceptors (Lipinski definition) is 3. The fraction of sp³-hybridized carbons (Fsp3) is 0.788. The maximum absolute atomic E-state index is 11.9. The molecule has 0 fully saturated rings. The quantitative estimate of drug-likeness (QED) is 0.267. The first-order valence-electron chi connectivity index (χ1n) is 14.8. The number of carbonyl (C=O) groups is 1. The molecule has 1 aliphatic rings. The lowest BCUT2D eigenvalue weighted by molar-refractivity contribution is -0.151. The van der Waals surface area contributed by atoms with Crippen LogP contribution in [-0.4, -0.2) is 22.3 Å². The fourth-order valence-corrected chi connectivity index (χ4v) is 6.06. The Morgan fingerprint density at radius 1 is 1.03 bits per heavy atom. The molecule has 3 atom stereocenters. The van der Waals surface area contributed by atoms with E-state index in [9.17, 15) is 9.90 Å². The predicted molar refractivity (Wildman–Crippen MR) is 155 cm³/mol. The average Bonchev–Trinajstić information content (AvgIpc) is 2.79. The highest BCUT2D eigenvalue weighted by molar-refractivity contribution is 5.74. The molecule has 4 heteroatoms. The summed E-state index contributed by atoms with van der Waals surface area (Å²) in [5.41, 5.74) is 3.10. The Hall–Kier alpha value is -1.71. The molecule has 3 unspecified atom stereocenters. The van der Waals surface area contributed by atoms with Gasteiger partial charge in [0.1, 0.15) is 22.7 Å². The topological polar surface area (TPSA) is 55.8 Å². The van der Waals surface area contributed by atoms with E-state index in [-0.39, 0.29) is 5.60 Å². The summed E-state index contributed by atoms with van der Waals surface area (Å²) in [7, 11) is 0. The van der Waals surface area contributed by atoms with Crippen LogP contribution in [0.15, 0.2) is 0 Å². The largest absolute Gasteiger partial charge is 0.487 e. The van der Waals surface area contributed by atoms with Gasteiger partial charge in [0, 0.05) is 12.0 Å². The lowest BCUT2D eigenvalue weighted by atomic mass is 9.78. The summed E-state index contributed by atoms with van der Waals surface area (Å²) < 4.78 is 13.4. The zero-order chi connectivity index (χ0) is 28.2. The number of rotatable bonds is 14. The van der Waals surface area contributed by atoms with Crippen LogP contribution in [-0.2, 0) is 11.2 Å². The number of carboxylic acid groups (broad SMARTS) is 1. The number of benzene rings is 1. The lowest BCUT2D eigenvalue weighted by Gasteiger charge is -2.40. The van der Waals surface area contributed by atoms with Gasteiger partial charge in [-0.2, -0.15) is 0 Å². The van der Waals surface area contributed by atoms with Crippen molar-refractivity contribution in [3.05, 3.63) is 22.3 Å². The van der Waals surface area contributed by atoms with Crippen LogP contribution in [0.4, 0.5) is 0 Å². The number of carboxylic acids is 1. The van der Waals surface area contributed by atoms with Crippen LogP contribution in [0.5, 0.6) is 11.5 Å². The molecule has 1 aromatic carbocycles. The van der Waals surface area contributed by atoms with Gasteiger partial charge in [-0.3, -0.25) is 4.79 Å². The van der Waals surface area contributed by atoms with E-state index in [0.717, 1.165) is 59.3 Å². The van der Waals surface area contributed by atoms with E-state index < -0.39 is 17.0 Å². The molecule has 0 bridgehead atoms. The molecule has 4 nitrogen and oxygen atoms in total. The molecule has 0 amide bonds. The third-order valence-electron chi connectivity index (χ3n) is 8.94. The highest BCUT2D eigenvalue weighted by Gasteiger charge is 2.40. The summed E-state index contributed by atoms with van der Waals surface area (Å²) in [4.78, 5) is 11.9. The zero-order valence-corrected chi connectivity index (χ0v) is 25.9. The molecule has 37 heavy (non-hydrogen) atoms. The molecule has 1 aromatic rings. The molecule has 1 N–H and O–H groups in total. The first kappa shape index (κ1) is 31.5. The van der Waals surface area contributed by atoms with Crippen LogP contribution < -0.4 is 9.47 Å². The van der Waals surface area contributed by atoms with Gasteiger partial charge in [-0.25, -0.2) is 0 Å². The fourth-order valence-electron chi connectivity index (χ4n) is 6.06. The van der Waals surface area contributed by atoms with Crippen molar-refractivity contribution in [2.24, 2.45) is 17.3 Å². The van der Waals surface area contributed by atoms with E-state index in [1.54, 1.807) is 0 Å². The number of hydrogen-bond donors (Lipinski definition) is 1. The predicted octanol–water partition coefficient (Wildman–Crippen LogP) is 9.38. The second-order valence-electron chi connectivity index (χ2n) is 13.6. The standard InChI is InChI=1S/C33H56O4/c1-12-32(10,30(34)35)21-31(8,9)36-28-24(5)25(6)29-27(26(28)7)18-20-33(11,37-29)19-14-17-23(4)16-13-15-22(2)3/h22-23H,12-21H2,1-11H3,(H,34,35). The van der Waals surface area contributed by atoms with Crippen molar-refractivity contribution in [2.45, 2.75) is 152 Å². The van der Waals surface area contributed by atoms with Gasteiger partial charge < -0.3 is 14.6 Å². The lowest BCUT2D eigenvalue weighted by Crippen LogP contribution is -2.40. The summed E-state index contributed by atoms with van der Waals surface area (Å²) in [5, 5.41) is 9.80. The monoisotopic (exact) mass is 516 g/mol. The molecular weight excluding hydrogens is 460 g/mol. The third kappa shape index (κ3) is 8.14. The zero-order valence-electron chi connectivity index (χ0n) is 25.9. The smallest absolute Gasteiger partial charge is 0.309 e. The van der Waals surface area contributed by atoms with E-state index in [4.69, 9.17) is 9.47 Å². The van der Waals surface area contributed by atoms with Gasteiger partial charge in [0.25, 0.3) is 0 Å². The molecular formula is C33H56O4. The molecule has 0 aliphatic carbocycles. The van der Waals surface area contributed by atoms with Crippen LogP contribution in [0, 0.1) is 38.0 Å². The van der Waals surface area contributed by atoms with Crippen LogP contribution >= 0.6 is 0 Å². The maximum atomic E-state index is 11.9. The van der Waals surface area contributed by atoms with Gasteiger partial charge in [-0.1, -0.05) is 53.4 Å². The average molecular weight is 517 g/mol. The first-order chi connectivity index (χ1) is 17.0. The molecule has 1 aliphatic heterocycles. The summed E-state index contributed by atoms with van der Waals surface area (Å²) in [6, 6.07) is 0. The SMILES string of the molecule is CCC(C)(CC(C)(C)Oc1c(C)c(C)c2c(c1C)CCC(C)(CCCC(C)CCCC(C)C)O2)C(=O)O. The Labute approximate surface area is 227 Å². The second-order valence-corrected chi connectivity index (χ2v) is 13.6. The van der Waals surface area contributed by atoms with Crippen LogP contribution in [0.2, 0.25) is 0 Å². The van der Waals surface area contributed by atoms with Crippen molar-refractivity contribution in [1.82, 2.24) is 0 Å². The van der Waals surface area contributed by atoms with Gasteiger partial charge in [0.2, 0.25) is 0 Å². The molecule has 2 rings (SSSR count). The molecule has 0 saturated carbocycles. The number of aliphatic carboxylic acids is 1. The summed E-state index contributed by atoms with van der Waals surface area (Å²) in [6.07, 6.45) is 10.6. The first-order valence-corrected chi connectivity index (χ1v) is 14.8.